The lowest BCUT2D eigenvalue weighted by atomic mass is 9.85. The molecule has 3 amide bonds. The SMILES string of the molecule is COCCN1C(=O)N(Cc2cccc(OC)c2)C(=O)C12CCN(C(C)CCc1ccccc1)CC2. The topological polar surface area (TPSA) is 62.3 Å². The number of carbonyl (C=O) groups excluding carboxylic acids is 2. The Kier molecular flexibility index (Phi) is 8.08. The number of hydrogen-bond donors (Lipinski definition) is 0. The number of piperidine rings is 1. The summed E-state index contributed by atoms with van der Waals surface area (Å²) in [6.45, 7) is 4.93. The van der Waals surface area contributed by atoms with E-state index in [9.17, 15) is 9.59 Å². The van der Waals surface area contributed by atoms with E-state index in [0.29, 0.717) is 37.8 Å². The third-order valence-electron chi connectivity index (χ3n) is 7.56. The first-order valence-electron chi connectivity index (χ1n) is 12.5. The van der Waals surface area contributed by atoms with Crippen LogP contribution in [0.25, 0.3) is 0 Å². The van der Waals surface area contributed by atoms with E-state index >= 15 is 0 Å². The van der Waals surface area contributed by atoms with Crippen molar-refractivity contribution in [2.45, 2.75) is 50.7 Å². The van der Waals surface area contributed by atoms with Gasteiger partial charge in [0.15, 0.2) is 0 Å². The van der Waals surface area contributed by atoms with Crippen LogP contribution in [0.2, 0.25) is 0 Å². The molecule has 2 aliphatic heterocycles. The molecule has 0 aliphatic carbocycles. The average Bonchev–Trinajstić information content (AvgIpc) is 3.08. The lowest BCUT2D eigenvalue weighted by Crippen LogP contribution is -2.58. The van der Waals surface area contributed by atoms with Gasteiger partial charge < -0.3 is 19.3 Å². The summed E-state index contributed by atoms with van der Waals surface area (Å²) in [5, 5.41) is 0. The van der Waals surface area contributed by atoms with E-state index in [1.54, 1.807) is 19.1 Å². The second-order valence-corrected chi connectivity index (χ2v) is 9.61. The molecule has 2 heterocycles. The molecule has 2 aromatic rings. The van der Waals surface area contributed by atoms with Crippen molar-refractivity contribution in [2.75, 3.05) is 40.5 Å². The average molecular weight is 480 g/mol. The molecule has 0 aromatic heterocycles. The molecule has 2 fully saturated rings. The first-order valence-corrected chi connectivity index (χ1v) is 12.5. The Hall–Kier alpha value is -2.90. The molecule has 1 unspecified atom stereocenters. The van der Waals surface area contributed by atoms with Crippen molar-refractivity contribution < 1.29 is 19.1 Å². The van der Waals surface area contributed by atoms with Crippen molar-refractivity contribution in [3.63, 3.8) is 0 Å². The molecule has 188 valence electrons. The first kappa shape index (κ1) is 25.2. The van der Waals surface area contributed by atoms with Crippen LogP contribution in [-0.4, -0.2) is 78.7 Å². The van der Waals surface area contributed by atoms with Gasteiger partial charge in [0, 0.05) is 32.8 Å². The Morgan fingerprint density at radius 2 is 1.69 bits per heavy atom. The van der Waals surface area contributed by atoms with Gasteiger partial charge in [0.1, 0.15) is 11.3 Å². The van der Waals surface area contributed by atoms with Crippen molar-refractivity contribution in [3.05, 3.63) is 65.7 Å². The first-order chi connectivity index (χ1) is 17.0. The minimum absolute atomic E-state index is 0.0852. The fourth-order valence-corrected chi connectivity index (χ4v) is 5.39. The summed E-state index contributed by atoms with van der Waals surface area (Å²) in [5.74, 6) is 0.628. The zero-order chi connectivity index (χ0) is 24.8. The molecule has 35 heavy (non-hydrogen) atoms. The smallest absolute Gasteiger partial charge is 0.328 e. The van der Waals surface area contributed by atoms with Crippen LogP contribution in [0.5, 0.6) is 5.75 Å². The summed E-state index contributed by atoms with van der Waals surface area (Å²) >= 11 is 0. The molecule has 0 bridgehead atoms. The molecular formula is C28H37N3O4. The van der Waals surface area contributed by atoms with E-state index in [1.807, 2.05) is 30.3 Å². The fourth-order valence-electron chi connectivity index (χ4n) is 5.39. The number of likely N-dealkylation sites (tertiary alicyclic amines) is 1. The summed E-state index contributed by atoms with van der Waals surface area (Å²) in [4.78, 5) is 32.9. The highest BCUT2D eigenvalue weighted by Gasteiger charge is 2.57. The van der Waals surface area contributed by atoms with E-state index < -0.39 is 5.54 Å². The van der Waals surface area contributed by atoms with E-state index in [2.05, 4.69) is 36.1 Å². The van der Waals surface area contributed by atoms with Gasteiger partial charge in [-0.25, -0.2) is 4.79 Å². The Morgan fingerprint density at radius 3 is 2.37 bits per heavy atom. The quantitative estimate of drug-likeness (QED) is 0.483. The van der Waals surface area contributed by atoms with Crippen molar-refractivity contribution in [3.8, 4) is 5.75 Å². The molecule has 2 saturated heterocycles. The van der Waals surface area contributed by atoms with Gasteiger partial charge in [-0.05, 0) is 55.9 Å². The van der Waals surface area contributed by atoms with Crippen LogP contribution in [0.15, 0.2) is 54.6 Å². The Morgan fingerprint density at radius 1 is 0.971 bits per heavy atom. The number of hydrogen-bond acceptors (Lipinski definition) is 5. The fraction of sp³-hybridized carbons (Fsp3) is 0.500. The molecule has 7 heteroatoms. The maximum atomic E-state index is 13.8. The van der Waals surface area contributed by atoms with Crippen LogP contribution >= 0.6 is 0 Å². The van der Waals surface area contributed by atoms with Crippen molar-refractivity contribution in [2.24, 2.45) is 0 Å². The number of urea groups is 1. The lowest BCUT2D eigenvalue weighted by Gasteiger charge is -2.44. The van der Waals surface area contributed by atoms with Crippen molar-refractivity contribution in [1.29, 1.82) is 0 Å². The molecule has 0 saturated carbocycles. The standard InChI is InChI=1S/C28H37N3O4/c1-22(12-13-23-8-5-4-6-9-23)29-16-14-28(15-17-29)26(32)30(27(33)31(28)18-19-34-2)21-24-10-7-11-25(20-24)35-3/h4-11,20,22H,12-19,21H2,1-3H3. The highest BCUT2D eigenvalue weighted by atomic mass is 16.5. The summed E-state index contributed by atoms with van der Waals surface area (Å²) in [6, 6.07) is 18.3. The number of ether oxygens (including phenoxy) is 2. The second kappa shape index (κ2) is 11.2. The van der Waals surface area contributed by atoms with E-state index in [4.69, 9.17) is 9.47 Å². The van der Waals surface area contributed by atoms with Gasteiger partial charge in [0.25, 0.3) is 5.91 Å². The number of carbonyl (C=O) groups is 2. The third kappa shape index (κ3) is 5.36. The Balaban J connectivity index is 1.45. The number of amides is 3. The number of rotatable bonds is 10. The van der Waals surface area contributed by atoms with Crippen LogP contribution in [0.1, 0.15) is 37.3 Å². The molecule has 0 radical (unpaired) electrons. The summed E-state index contributed by atoms with van der Waals surface area (Å²) in [7, 11) is 3.24. The van der Waals surface area contributed by atoms with Gasteiger partial charge in [0.05, 0.1) is 20.3 Å². The van der Waals surface area contributed by atoms with Crippen molar-refractivity contribution >= 4 is 11.9 Å². The number of aryl methyl sites for hydroxylation is 1. The predicted molar refractivity (Wildman–Crippen MR) is 135 cm³/mol. The van der Waals surface area contributed by atoms with Crippen LogP contribution in [0.4, 0.5) is 4.79 Å². The molecule has 2 aromatic carbocycles. The number of benzene rings is 2. The van der Waals surface area contributed by atoms with Gasteiger partial charge in [-0.2, -0.15) is 0 Å². The number of methoxy groups -OCH3 is 2. The Labute approximate surface area is 208 Å². The molecule has 1 atom stereocenters. The van der Waals surface area contributed by atoms with E-state index in [0.717, 1.165) is 31.5 Å². The number of imide groups is 1. The minimum atomic E-state index is -0.788. The molecule has 7 nitrogen and oxygen atoms in total. The molecule has 1 spiro atoms. The predicted octanol–water partition coefficient (Wildman–Crippen LogP) is 3.96. The van der Waals surface area contributed by atoms with Crippen LogP contribution in [0.3, 0.4) is 0 Å². The van der Waals surface area contributed by atoms with Gasteiger partial charge in [-0.3, -0.25) is 9.69 Å². The van der Waals surface area contributed by atoms with Crippen LogP contribution in [0, 0.1) is 0 Å². The van der Waals surface area contributed by atoms with Gasteiger partial charge in [-0.1, -0.05) is 42.5 Å². The zero-order valence-electron chi connectivity index (χ0n) is 21.1. The largest absolute Gasteiger partial charge is 0.497 e. The molecule has 2 aliphatic rings. The zero-order valence-corrected chi connectivity index (χ0v) is 21.1. The van der Waals surface area contributed by atoms with E-state index in [-0.39, 0.29) is 18.5 Å². The summed E-state index contributed by atoms with van der Waals surface area (Å²) in [6.07, 6.45) is 3.39. The Bertz CT molecular complexity index is 1000. The lowest BCUT2D eigenvalue weighted by molar-refractivity contribution is -0.136. The number of nitrogens with zero attached hydrogens (tertiary/aromatic N) is 3. The van der Waals surface area contributed by atoms with E-state index in [1.165, 1.54) is 10.5 Å². The highest BCUT2D eigenvalue weighted by Crippen LogP contribution is 2.38. The second-order valence-electron chi connectivity index (χ2n) is 9.61. The monoisotopic (exact) mass is 479 g/mol. The molecule has 0 N–H and O–H groups in total. The van der Waals surface area contributed by atoms with Gasteiger partial charge in [-0.15, -0.1) is 0 Å². The summed E-state index contributed by atoms with van der Waals surface area (Å²) < 4.78 is 10.6. The van der Waals surface area contributed by atoms with Gasteiger partial charge in [0.2, 0.25) is 0 Å². The molecular weight excluding hydrogens is 442 g/mol. The van der Waals surface area contributed by atoms with Crippen LogP contribution < -0.4 is 4.74 Å². The normalized spacial score (nSPS) is 18.9. The third-order valence-corrected chi connectivity index (χ3v) is 7.56. The van der Waals surface area contributed by atoms with Crippen LogP contribution in [-0.2, 0) is 22.5 Å². The van der Waals surface area contributed by atoms with Gasteiger partial charge >= 0.3 is 6.03 Å². The molecule has 4 rings (SSSR count). The minimum Gasteiger partial charge on any atom is -0.497 e. The highest BCUT2D eigenvalue weighted by molar-refractivity contribution is 6.07. The maximum absolute atomic E-state index is 13.8. The maximum Gasteiger partial charge on any atom is 0.328 e. The van der Waals surface area contributed by atoms with Crippen molar-refractivity contribution in [1.82, 2.24) is 14.7 Å². The summed E-state index contributed by atoms with van der Waals surface area (Å²) in [5.41, 5.74) is 1.44.